The van der Waals surface area contributed by atoms with E-state index in [1.807, 2.05) is 37.8 Å². The predicted molar refractivity (Wildman–Crippen MR) is 95.2 cm³/mol. The van der Waals surface area contributed by atoms with Gasteiger partial charge in [-0.2, -0.15) is 0 Å². The van der Waals surface area contributed by atoms with Gasteiger partial charge in [0.25, 0.3) is 0 Å². The molecule has 2 rings (SSSR count). The van der Waals surface area contributed by atoms with E-state index >= 15 is 0 Å². The average Bonchev–Trinajstić information content (AvgIpc) is 2.58. The normalized spacial score (nSPS) is 19.6. The zero-order chi connectivity index (χ0) is 17.7. The minimum atomic E-state index is -0.319. The van der Waals surface area contributed by atoms with E-state index in [0.29, 0.717) is 18.2 Å². The van der Waals surface area contributed by atoms with E-state index in [0.717, 1.165) is 30.6 Å². The van der Waals surface area contributed by atoms with Crippen LogP contribution in [0.25, 0.3) is 0 Å². The molecule has 132 valence electrons. The van der Waals surface area contributed by atoms with Crippen LogP contribution in [0, 0.1) is 12.8 Å². The van der Waals surface area contributed by atoms with E-state index in [4.69, 9.17) is 16.3 Å². The molecular weight excluding hydrogens is 328 g/mol. The minimum Gasteiger partial charge on any atom is -0.466 e. The second-order valence-corrected chi connectivity index (χ2v) is 6.57. The van der Waals surface area contributed by atoms with Crippen LogP contribution in [0.15, 0.2) is 18.2 Å². The molecule has 1 aliphatic heterocycles. The van der Waals surface area contributed by atoms with Crippen molar-refractivity contribution >= 4 is 29.2 Å². The van der Waals surface area contributed by atoms with Crippen molar-refractivity contribution in [2.75, 3.05) is 25.0 Å². The van der Waals surface area contributed by atoms with Crippen LogP contribution >= 0.6 is 11.6 Å². The third-order valence-electron chi connectivity index (χ3n) is 4.53. The number of carbonyl (C=O) groups excluding carboxylic acids is 2. The summed E-state index contributed by atoms with van der Waals surface area (Å²) in [7, 11) is 0. The van der Waals surface area contributed by atoms with Crippen LogP contribution in [0.4, 0.5) is 5.69 Å². The van der Waals surface area contributed by atoms with E-state index < -0.39 is 0 Å². The van der Waals surface area contributed by atoms with Gasteiger partial charge in [0.15, 0.2) is 0 Å². The summed E-state index contributed by atoms with van der Waals surface area (Å²) in [6.45, 7) is 7.30. The molecule has 5 nitrogen and oxygen atoms in total. The first-order chi connectivity index (χ1) is 11.4. The first-order valence-corrected chi connectivity index (χ1v) is 8.78. The number of halogens is 1. The summed E-state index contributed by atoms with van der Waals surface area (Å²) in [4.78, 5) is 26.6. The summed E-state index contributed by atoms with van der Waals surface area (Å²) >= 11 is 6.10. The summed E-state index contributed by atoms with van der Waals surface area (Å²) in [6.07, 6.45) is 1.70. The summed E-state index contributed by atoms with van der Waals surface area (Å²) in [6, 6.07) is 5.13. The topological polar surface area (TPSA) is 58.6 Å². The van der Waals surface area contributed by atoms with Crippen LogP contribution in [0.2, 0.25) is 5.02 Å². The van der Waals surface area contributed by atoms with Gasteiger partial charge in [-0.1, -0.05) is 17.7 Å². The first-order valence-electron chi connectivity index (χ1n) is 8.40. The zero-order valence-electron chi connectivity index (χ0n) is 14.5. The fraction of sp³-hybridized carbons (Fsp3) is 0.556. The standard InChI is InChI=1S/C18H25ClN2O3/c1-4-24-18(23)14-7-6-10-21(11-14)13(3)17(22)20-16-9-5-8-15(19)12(16)2/h5,8-9,13-14H,4,6-7,10-11H2,1-3H3,(H,20,22)/t13-,14-/m0/s1. The summed E-state index contributed by atoms with van der Waals surface area (Å²) in [5.74, 6) is -0.410. The number of carbonyl (C=O) groups is 2. The Bertz CT molecular complexity index is 606. The third-order valence-corrected chi connectivity index (χ3v) is 4.93. The fourth-order valence-electron chi connectivity index (χ4n) is 2.96. The number of nitrogens with zero attached hydrogens (tertiary/aromatic N) is 1. The number of piperidine rings is 1. The van der Waals surface area contributed by atoms with Crippen LogP contribution in [0.3, 0.4) is 0 Å². The lowest BCUT2D eigenvalue weighted by Crippen LogP contribution is -2.48. The van der Waals surface area contributed by atoms with Crippen molar-refractivity contribution < 1.29 is 14.3 Å². The second-order valence-electron chi connectivity index (χ2n) is 6.16. The number of esters is 1. The molecule has 24 heavy (non-hydrogen) atoms. The Labute approximate surface area is 148 Å². The lowest BCUT2D eigenvalue weighted by Gasteiger charge is -2.35. The number of ether oxygens (including phenoxy) is 1. The highest BCUT2D eigenvalue weighted by Gasteiger charge is 2.31. The van der Waals surface area contributed by atoms with Gasteiger partial charge in [-0.3, -0.25) is 14.5 Å². The molecule has 1 saturated heterocycles. The molecule has 1 heterocycles. The summed E-state index contributed by atoms with van der Waals surface area (Å²) in [5, 5.41) is 3.56. The van der Waals surface area contributed by atoms with Crippen molar-refractivity contribution in [1.82, 2.24) is 4.90 Å². The van der Waals surface area contributed by atoms with E-state index in [9.17, 15) is 9.59 Å². The van der Waals surface area contributed by atoms with E-state index in [1.54, 1.807) is 6.07 Å². The molecule has 0 unspecified atom stereocenters. The van der Waals surface area contributed by atoms with Crippen molar-refractivity contribution in [1.29, 1.82) is 0 Å². The van der Waals surface area contributed by atoms with Gasteiger partial charge in [0.05, 0.1) is 18.6 Å². The molecule has 0 bridgehead atoms. The number of nitrogens with one attached hydrogen (secondary N) is 1. The molecule has 1 fully saturated rings. The second kappa shape index (κ2) is 8.49. The molecule has 1 aromatic carbocycles. The maximum Gasteiger partial charge on any atom is 0.310 e. The van der Waals surface area contributed by atoms with Gasteiger partial charge in [-0.05, 0) is 57.9 Å². The van der Waals surface area contributed by atoms with E-state index in [-0.39, 0.29) is 23.8 Å². The largest absolute Gasteiger partial charge is 0.466 e. The average molecular weight is 353 g/mol. The molecular formula is C18H25ClN2O3. The number of likely N-dealkylation sites (tertiary alicyclic amines) is 1. The van der Waals surface area contributed by atoms with E-state index in [1.165, 1.54) is 0 Å². The molecule has 1 aliphatic rings. The number of hydrogen-bond acceptors (Lipinski definition) is 4. The van der Waals surface area contributed by atoms with Gasteiger partial charge in [0, 0.05) is 17.3 Å². The molecule has 1 N–H and O–H groups in total. The van der Waals surface area contributed by atoms with Gasteiger partial charge in [0.1, 0.15) is 0 Å². The van der Waals surface area contributed by atoms with Crippen molar-refractivity contribution in [3.8, 4) is 0 Å². The van der Waals surface area contributed by atoms with Crippen LogP contribution < -0.4 is 5.32 Å². The summed E-state index contributed by atoms with van der Waals surface area (Å²) in [5.41, 5.74) is 1.57. The Hall–Kier alpha value is -1.59. The number of benzene rings is 1. The highest BCUT2D eigenvalue weighted by Crippen LogP contribution is 2.24. The maximum absolute atomic E-state index is 12.6. The van der Waals surface area contributed by atoms with Gasteiger partial charge in [-0.15, -0.1) is 0 Å². The Kier molecular flexibility index (Phi) is 6.63. The number of rotatable bonds is 5. The lowest BCUT2D eigenvalue weighted by molar-refractivity contribution is -0.150. The molecule has 0 aromatic heterocycles. The fourth-order valence-corrected chi connectivity index (χ4v) is 3.13. The summed E-state index contributed by atoms with van der Waals surface area (Å²) < 4.78 is 5.11. The monoisotopic (exact) mass is 352 g/mol. The van der Waals surface area contributed by atoms with Gasteiger partial charge in [0.2, 0.25) is 5.91 Å². The molecule has 0 spiro atoms. The highest BCUT2D eigenvalue weighted by atomic mass is 35.5. The maximum atomic E-state index is 12.6. The third kappa shape index (κ3) is 4.48. The Morgan fingerprint density at radius 1 is 1.46 bits per heavy atom. The first kappa shape index (κ1) is 18.7. The SMILES string of the molecule is CCOC(=O)[C@H]1CCCN([C@@H](C)C(=O)Nc2cccc(Cl)c2C)C1. The quantitative estimate of drug-likeness (QED) is 0.826. The van der Waals surface area contributed by atoms with Crippen LogP contribution in [0.1, 0.15) is 32.3 Å². The van der Waals surface area contributed by atoms with Crippen LogP contribution in [-0.2, 0) is 14.3 Å². The minimum absolute atomic E-state index is 0.0927. The molecule has 0 radical (unpaired) electrons. The van der Waals surface area contributed by atoms with Crippen molar-refractivity contribution in [3.63, 3.8) is 0 Å². The van der Waals surface area contributed by atoms with E-state index in [2.05, 4.69) is 5.32 Å². The van der Waals surface area contributed by atoms with Gasteiger partial charge >= 0.3 is 5.97 Å². The van der Waals surface area contributed by atoms with Crippen LogP contribution in [-0.4, -0.2) is 42.5 Å². The number of anilines is 1. The van der Waals surface area contributed by atoms with Crippen molar-refractivity contribution in [2.24, 2.45) is 5.92 Å². The molecule has 2 atom stereocenters. The highest BCUT2D eigenvalue weighted by molar-refractivity contribution is 6.31. The Morgan fingerprint density at radius 3 is 2.92 bits per heavy atom. The molecule has 1 amide bonds. The molecule has 1 aromatic rings. The Balaban J connectivity index is 1.99. The van der Waals surface area contributed by atoms with Crippen molar-refractivity contribution in [3.05, 3.63) is 28.8 Å². The molecule has 0 saturated carbocycles. The molecule has 6 heteroatoms. The number of hydrogen-bond donors (Lipinski definition) is 1. The van der Waals surface area contributed by atoms with Crippen LogP contribution in [0.5, 0.6) is 0 Å². The predicted octanol–water partition coefficient (Wildman–Crippen LogP) is 3.25. The van der Waals surface area contributed by atoms with Gasteiger partial charge in [-0.25, -0.2) is 0 Å². The zero-order valence-corrected chi connectivity index (χ0v) is 15.2. The lowest BCUT2D eigenvalue weighted by atomic mass is 9.97. The van der Waals surface area contributed by atoms with Crippen molar-refractivity contribution in [2.45, 2.75) is 39.7 Å². The smallest absolute Gasteiger partial charge is 0.310 e. The Morgan fingerprint density at radius 2 is 2.21 bits per heavy atom. The van der Waals surface area contributed by atoms with Gasteiger partial charge < -0.3 is 10.1 Å². The number of amides is 1. The molecule has 0 aliphatic carbocycles.